The van der Waals surface area contributed by atoms with Crippen molar-refractivity contribution in [1.29, 1.82) is 0 Å². The molecule has 0 radical (unpaired) electrons. The van der Waals surface area contributed by atoms with E-state index in [9.17, 15) is 5.11 Å². The van der Waals surface area contributed by atoms with Crippen molar-refractivity contribution in [3.8, 4) is 0 Å². The summed E-state index contributed by atoms with van der Waals surface area (Å²) in [6.07, 6.45) is 3.40. The van der Waals surface area contributed by atoms with Crippen LogP contribution in [-0.2, 0) is 4.74 Å². The van der Waals surface area contributed by atoms with Gasteiger partial charge in [-0.2, -0.15) is 0 Å². The molecule has 0 aromatic carbocycles. The predicted molar refractivity (Wildman–Crippen MR) is 49.1 cm³/mol. The highest BCUT2D eigenvalue weighted by Gasteiger charge is 2.39. The molecule has 2 unspecified atom stereocenters. The van der Waals surface area contributed by atoms with Crippen LogP contribution in [0.2, 0.25) is 0 Å². The molecule has 2 nitrogen and oxygen atoms in total. The normalized spacial score (nSPS) is 43.0. The van der Waals surface area contributed by atoms with Crippen LogP contribution in [0.1, 0.15) is 46.5 Å². The van der Waals surface area contributed by atoms with Crippen LogP contribution in [0, 0.1) is 0 Å². The maximum absolute atomic E-state index is 10.1. The van der Waals surface area contributed by atoms with Crippen LogP contribution in [0.3, 0.4) is 0 Å². The van der Waals surface area contributed by atoms with E-state index in [1.54, 1.807) is 0 Å². The Morgan fingerprint density at radius 2 is 2.00 bits per heavy atom. The fourth-order valence-electron chi connectivity index (χ4n) is 1.85. The van der Waals surface area contributed by atoms with Crippen LogP contribution in [0.4, 0.5) is 0 Å². The van der Waals surface area contributed by atoms with Gasteiger partial charge in [-0.15, -0.1) is 0 Å². The van der Waals surface area contributed by atoms with Crippen LogP contribution in [-0.4, -0.2) is 22.9 Å². The molecule has 2 atom stereocenters. The van der Waals surface area contributed by atoms with Gasteiger partial charge in [0.25, 0.3) is 0 Å². The first-order valence-corrected chi connectivity index (χ1v) is 4.90. The van der Waals surface area contributed by atoms with Gasteiger partial charge < -0.3 is 9.84 Å². The monoisotopic (exact) mass is 172 g/mol. The Morgan fingerprint density at radius 1 is 1.33 bits per heavy atom. The third-order valence-corrected chi connectivity index (χ3v) is 3.13. The molecule has 1 rings (SSSR count). The summed E-state index contributed by atoms with van der Waals surface area (Å²) in [7, 11) is 0. The lowest BCUT2D eigenvalue weighted by Gasteiger charge is -2.42. The first-order chi connectivity index (χ1) is 5.54. The molecule has 1 heterocycles. The number of aliphatic hydroxyl groups is 1. The van der Waals surface area contributed by atoms with Crippen LogP contribution >= 0.6 is 0 Å². The molecule has 2 heteroatoms. The van der Waals surface area contributed by atoms with E-state index in [0.29, 0.717) is 6.61 Å². The highest BCUT2D eigenvalue weighted by molar-refractivity contribution is 4.91. The molecule has 1 aliphatic heterocycles. The number of ether oxygens (including phenoxy) is 1. The Morgan fingerprint density at radius 3 is 2.50 bits per heavy atom. The largest absolute Gasteiger partial charge is 0.390 e. The summed E-state index contributed by atoms with van der Waals surface area (Å²) in [6.45, 7) is 6.95. The second-order valence-electron chi connectivity index (χ2n) is 4.16. The predicted octanol–water partition coefficient (Wildman–Crippen LogP) is 2.11. The van der Waals surface area contributed by atoms with Gasteiger partial charge in [-0.3, -0.25) is 0 Å². The van der Waals surface area contributed by atoms with E-state index < -0.39 is 5.60 Å². The van der Waals surface area contributed by atoms with Gasteiger partial charge in [0.05, 0.1) is 17.8 Å². The van der Waals surface area contributed by atoms with Gasteiger partial charge in [-0.1, -0.05) is 13.8 Å². The SMILES string of the molecule is CCC1(O)CCOC(C)(CC)C1. The Labute approximate surface area is 74.9 Å². The Bertz CT molecular complexity index is 142. The summed E-state index contributed by atoms with van der Waals surface area (Å²) in [5.74, 6) is 0. The molecule has 12 heavy (non-hydrogen) atoms. The van der Waals surface area contributed by atoms with Crippen molar-refractivity contribution in [3.05, 3.63) is 0 Å². The molecule has 1 saturated heterocycles. The van der Waals surface area contributed by atoms with Crippen LogP contribution in [0.5, 0.6) is 0 Å². The van der Waals surface area contributed by atoms with Crippen molar-refractivity contribution in [1.82, 2.24) is 0 Å². The molecule has 1 N–H and O–H groups in total. The topological polar surface area (TPSA) is 29.5 Å². The van der Waals surface area contributed by atoms with Crippen LogP contribution < -0.4 is 0 Å². The summed E-state index contributed by atoms with van der Waals surface area (Å²) in [5, 5.41) is 10.1. The lowest BCUT2D eigenvalue weighted by atomic mass is 9.80. The minimum Gasteiger partial charge on any atom is -0.390 e. The van der Waals surface area contributed by atoms with E-state index >= 15 is 0 Å². The van der Waals surface area contributed by atoms with E-state index in [0.717, 1.165) is 25.7 Å². The lowest BCUT2D eigenvalue weighted by molar-refractivity contribution is -0.154. The lowest BCUT2D eigenvalue weighted by Crippen LogP contribution is -2.46. The minimum absolute atomic E-state index is 0.0942. The molecule has 0 bridgehead atoms. The van der Waals surface area contributed by atoms with Crippen LogP contribution in [0.15, 0.2) is 0 Å². The highest BCUT2D eigenvalue weighted by atomic mass is 16.5. The molecule has 0 spiro atoms. The molecule has 0 aliphatic carbocycles. The number of hydrogen-bond donors (Lipinski definition) is 1. The van der Waals surface area contributed by atoms with Crippen molar-refractivity contribution in [2.45, 2.75) is 57.7 Å². The van der Waals surface area contributed by atoms with Gasteiger partial charge in [-0.05, 0) is 26.2 Å². The molecule has 1 aliphatic rings. The van der Waals surface area contributed by atoms with Gasteiger partial charge >= 0.3 is 0 Å². The summed E-state index contributed by atoms with van der Waals surface area (Å²) >= 11 is 0. The molecule has 0 aromatic rings. The van der Waals surface area contributed by atoms with Gasteiger partial charge in [0.15, 0.2) is 0 Å². The van der Waals surface area contributed by atoms with Crippen molar-refractivity contribution in [2.75, 3.05) is 6.61 Å². The third kappa shape index (κ3) is 1.99. The van der Waals surface area contributed by atoms with Gasteiger partial charge in [0.2, 0.25) is 0 Å². The van der Waals surface area contributed by atoms with E-state index in [4.69, 9.17) is 4.74 Å². The number of rotatable bonds is 2. The fourth-order valence-corrected chi connectivity index (χ4v) is 1.85. The van der Waals surface area contributed by atoms with E-state index in [2.05, 4.69) is 13.8 Å². The summed E-state index contributed by atoms with van der Waals surface area (Å²) < 4.78 is 5.65. The second-order valence-corrected chi connectivity index (χ2v) is 4.16. The smallest absolute Gasteiger partial charge is 0.0694 e. The van der Waals surface area contributed by atoms with Crippen LogP contribution in [0.25, 0.3) is 0 Å². The summed E-state index contributed by atoms with van der Waals surface area (Å²) in [4.78, 5) is 0. The first-order valence-electron chi connectivity index (χ1n) is 4.90. The third-order valence-electron chi connectivity index (χ3n) is 3.13. The maximum atomic E-state index is 10.1. The van der Waals surface area contributed by atoms with Crippen molar-refractivity contribution in [2.24, 2.45) is 0 Å². The molecule has 0 aromatic heterocycles. The average molecular weight is 172 g/mol. The van der Waals surface area contributed by atoms with E-state index in [1.165, 1.54) is 0 Å². The molecule has 0 saturated carbocycles. The Hall–Kier alpha value is -0.0800. The fraction of sp³-hybridized carbons (Fsp3) is 1.00. The first kappa shape index (κ1) is 10.0. The standard InChI is InChI=1S/C10H20O2/c1-4-9(3)8-10(11,5-2)6-7-12-9/h11H,4-8H2,1-3H3. The summed E-state index contributed by atoms with van der Waals surface area (Å²) in [5.41, 5.74) is -0.563. The zero-order valence-electron chi connectivity index (χ0n) is 8.39. The molecular formula is C10H20O2. The maximum Gasteiger partial charge on any atom is 0.0694 e. The second kappa shape index (κ2) is 3.35. The van der Waals surface area contributed by atoms with Crippen molar-refractivity contribution in [3.63, 3.8) is 0 Å². The van der Waals surface area contributed by atoms with Crippen molar-refractivity contribution < 1.29 is 9.84 Å². The zero-order chi connectivity index (χ0) is 9.24. The molecule has 1 fully saturated rings. The van der Waals surface area contributed by atoms with E-state index in [1.807, 2.05) is 6.92 Å². The summed E-state index contributed by atoms with van der Waals surface area (Å²) in [6, 6.07) is 0. The van der Waals surface area contributed by atoms with Crippen molar-refractivity contribution >= 4 is 0 Å². The minimum atomic E-state index is -0.469. The van der Waals surface area contributed by atoms with Gasteiger partial charge in [0, 0.05) is 6.42 Å². The zero-order valence-corrected chi connectivity index (χ0v) is 8.39. The quantitative estimate of drug-likeness (QED) is 0.691. The number of hydrogen-bond acceptors (Lipinski definition) is 2. The van der Waals surface area contributed by atoms with Gasteiger partial charge in [-0.25, -0.2) is 0 Å². The van der Waals surface area contributed by atoms with E-state index in [-0.39, 0.29) is 5.60 Å². The molecule has 0 amide bonds. The average Bonchev–Trinajstić information content (AvgIpc) is 2.05. The highest BCUT2D eigenvalue weighted by Crippen LogP contribution is 2.35. The molecular weight excluding hydrogens is 152 g/mol. The Balaban J connectivity index is 2.62. The van der Waals surface area contributed by atoms with Gasteiger partial charge in [0.1, 0.15) is 0 Å². The Kier molecular flexibility index (Phi) is 2.79. The molecule has 72 valence electrons.